The van der Waals surface area contributed by atoms with E-state index in [0.29, 0.717) is 31.5 Å². The fourth-order valence-electron chi connectivity index (χ4n) is 4.74. The van der Waals surface area contributed by atoms with E-state index < -0.39 is 5.97 Å². The molecule has 140 valence electrons. The standard InChI is InChI=1S/C21H28N2O3/c24-20(23-12-18(17-6-7-17)19(13-23)21(25)26)14-22-10-8-16(9-11-22)15-4-2-1-3-5-15/h1-5,16-19H,6-14H2,(H,25,26)/t18-,19+/m0/s1. The van der Waals surface area contributed by atoms with Crippen molar-refractivity contribution in [3.8, 4) is 0 Å². The summed E-state index contributed by atoms with van der Waals surface area (Å²) in [5.41, 5.74) is 1.40. The first-order chi connectivity index (χ1) is 12.6. The number of hydrogen-bond acceptors (Lipinski definition) is 3. The van der Waals surface area contributed by atoms with Crippen LogP contribution in [0.1, 0.15) is 37.2 Å². The first-order valence-electron chi connectivity index (χ1n) is 9.89. The molecule has 5 heteroatoms. The maximum Gasteiger partial charge on any atom is 0.308 e. The van der Waals surface area contributed by atoms with Crippen LogP contribution in [0.3, 0.4) is 0 Å². The van der Waals surface area contributed by atoms with Gasteiger partial charge in [0, 0.05) is 13.1 Å². The van der Waals surface area contributed by atoms with E-state index in [0.717, 1.165) is 38.8 Å². The molecule has 0 aromatic heterocycles. The Labute approximate surface area is 155 Å². The van der Waals surface area contributed by atoms with Gasteiger partial charge in [0.1, 0.15) is 0 Å². The topological polar surface area (TPSA) is 60.9 Å². The van der Waals surface area contributed by atoms with Gasteiger partial charge in [-0.15, -0.1) is 0 Å². The lowest BCUT2D eigenvalue weighted by molar-refractivity contribution is -0.142. The van der Waals surface area contributed by atoms with Crippen LogP contribution in [-0.4, -0.2) is 59.5 Å². The molecule has 1 amide bonds. The van der Waals surface area contributed by atoms with E-state index >= 15 is 0 Å². The van der Waals surface area contributed by atoms with Crippen molar-refractivity contribution in [1.29, 1.82) is 0 Å². The molecule has 0 radical (unpaired) electrons. The van der Waals surface area contributed by atoms with Crippen molar-refractivity contribution in [1.82, 2.24) is 9.80 Å². The largest absolute Gasteiger partial charge is 0.481 e. The van der Waals surface area contributed by atoms with Gasteiger partial charge in [0.15, 0.2) is 0 Å². The molecular formula is C21H28N2O3. The van der Waals surface area contributed by atoms with E-state index in [9.17, 15) is 14.7 Å². The van der Waals surface area contributed by atoms with E-state index in [2.05, 4.69) is 29.2 Å². The summed E-state index contributed by atoms with van der Waals surface area (Å²) in [6.07, 6.45) is 4.42. The normalized spacial score (nSPS) is 27.6. The molecule has 1 aromatic rings. The summed E-state index contributed by atoms with van der Waals surface area (Å²) in [6.45, 7) is 3.35. The van der Waals surface area contributed by atoms with Crippen molar-refractivity contribution in [3.63, 3.8) is 0 Å². The summed E-state index contributed by atoms with van der Waals surface area (Å²) in [4.78, 5) is 28.3. The van der Waals surface area contributed by atoms with Crippen molar-refractivity contribution < 1.29 is 14.7 Å². The van der Waals surface area contributed by atoms with Crippen molar-refractivity contribution in [2.24, 2.45) is 17.8 Å². The Kier molecular flexibility index (Phi) is 4.98. The number of piperidine rings is 1. The number of amides is 1. The van der Waals surface area contributed by atoms with Crippen molar-refractivity contribution in [2.45, 2.75) is 31.6 Å². The summed E-state index contributed by atoms with van der Waals surface area (Å²) >= 11 is 0. The first-order valence-corrected chi connectivity index (χ1v) is 9.89. The molecule has 3 aliphatic rings. The Balaban J connectivity index is 1.28. The summed E-state index contributed by atoms with van der Waals surface area (Å²) in [7, 11) is 0. The summed E-state index contributed by atoms with van der Waals surface area (Å²) in [5.74, 6) is 0.287. The Hall–Kier alpha value is -1.88. The molecule has 0 spiro atoms. The number of carbonyl (C=O) groups is 2. The fourth-order valence-corrected chi connectivity index (χ4v) is 4.74. The highest BCUT2D eigenvalue weighted by Crippen LogP contribution is 2.44. The van der Waals surface area contributed by atoms with Gasteiger partial charge in [-0.05, 0) is 62.1 Å². The van der Waals surface area contributed by atoms with Crippen LogP contribution in [0.4, 0.5) is 0 Å². The second-order valence-electron chi connectivity index (χ2n) is 8.21. The highest BCUT2D eigenvalue weighted by atomic mass is 16.4. The molecule has 2 saturated heterocycles. The number of hydrogen-bond donors (Lipinski definition) is 1. The first kappa shape index (κ1) is 17.5. The number of carboxylic acids is 1. The van der Waals surface area contributed by atoms with Crippen molar-refractivity contribution >= 4 is 11.9 Å². The van der Waals surface area contributed by atoms with Gasteiger partial charge in [0.2, 0.25) is 5.91 Å². The molecule has 0 bridgehead atoms. The lowest BCUT2D eigenvalue weighted by atomic mass is 9.89. The highest BCUT2D eigenvalue weighted by Gasteiger charge is 2.46. The molecule has 5 nitrogen and oxygen atoms in total. The quantitative estimate of drug-likeness (QED) is 0.880. The van der Waals surface area contributed by atoms with Gasteiger partial charge in [0.05, 0.1) is 12.5 Å². The molecule has 4 rings (SSSR count). The van der Waals surface area contributed by atoms with Crippen LogP contribution in [-0.2, 0) is 9.59 Å². The maximum absolute atomic E-state index is 12.7. The second-order valence-corrected chi connectivity index (χ2v) is 8.21. The maximum atomic E-state index is 12.7. The van der Waals surface area contributed by atoms with E-state index in [1.165, 1.54) is 5.56 Å². The van der Waals surface area contributed by atoms with Crippen LogP contribution < -0.4 is 0 Å². The third-order valence-electron chi connectivity index (χ3n) is 6.48. The van der Waals surface area contributed by atoms with Crippen molar-refractivity contribution in [2.75, 3.05) is 32.7 Å². The summed E-state index contributed by atoms with van der Waals surface area (Å²) in [5, 5.41) is 9.47. The third-order valence-corrected chi connectivity index (χ3v) is 6.48. The molecule has 2 heterocycles. The predicted octanol–water partition coefficient (Wildman–Crippen LogP) is 2.44. The third kappa shape index (κ3) is 3.78. The van der Waals surface area contributed by atoms with Crippen LogP contribution >= 0.6 is 0 Å². The predicted molar refractivity (Wildman–Crippen MR) is 98.8 cm³/mol. The minimum absolute atomic E-state index is 0.109. The van der Waals surface area contributed by atoms with Crippen LogP contribution in [0.2, 0.25) is 0 Å². The van der Waals surface area contributed by atoms with E-state index in [1.54, 1.807) is 0 Å². The van der Waals surface area contributed by atoms with Gasteiger partial charge in [-0.25, -0.2) is 0 Å². The Morgan fingerprint density at radius 1 is 1.00 bits per heavy atom. The van der Waals surface area contributed by atoms with Crippen molar-refractivity contribution in [3.05, 3.63) is 35.9 Å². The minimum atomic E-state index is -0.735. The molecule has 1 saturated carbocycles. The second kappa shape index (κ2) is 7.39. The average molecular weight is 356 g/mol. The Bertz CT molecular complexity index is 650. The Morgan fingerprint density at radius 2 is 1.69 bits per heavy atom. The molecule has 3 fully saturated rings. The van der Waals surface area contributed by atoms with Crippen LogP contribution in [0.5, 0.6) is 0 Å². The lowest BCUT2D eigenvalue weighted by Crippen LogP contribution is -2.42. The molecular weight excluding hydrogens is 328 g/mol. The van der Waals surface area contributed by atoms with Gasteiger partial charge in [0.25, 0.3) is 0 Å². The molecule has 0 unspecified atom stereocenters. The monoisotopic (exact) mass is 356 g/mol. The number of aliphatic carboxylic acids is 1. The number of benzene rings is 1. The zero-order valence-corrected chi connectivity index (χ0v) is 15.2. The molecule has 2 atom stereocenters. The van der Waals surface area contributed by atoms with Crippen LogP contribution in [0.25, 0.3) is 0 Å². The molecule has 1 N–H and O–H groups in total. The molecule has 26 heavy (non-hydrogen) atoms. The van der Waals surface area contributed by atoms with Gasteiger partial charge in [-0.1, -0.05) is 30.3 Å². The average Bonchev–Trinajstić information content (AvgIpc) is 3.40. The van der Waals surface area contributed by atoms with E-state index in [4.69, 9.17) is 0 Å². The van der Waals surface area contributed by atoms with E-state index in [-0.39, 0.29) is 17.7 Å². The number of rotatable bonds is 5. The summed E-state index contributed by atoms with van der Waals surface area (Å²) in [6, 6.07) is 10.6. The fraction of sp³-hybridized carbons (Fsp3) is 0.619. The Morgan fingerprint density at radius 3 is 2.31 bits per heavy atom. The SMILES string of the molecule is O=C(O)[C@@H]1CN(C(=O)CN2CCC(c3ccccc3)CC2)C[C@H]1C1CC1. The van der Waals surface area contributed by atoms with Crippen LogP contribution in [0, 0.1) is 17.8 Å². The summed E-state index contributed by atoms with van der Waals surface area (Å²) < 4.78 is 0. The van der Waals surface area contributed by atoms with Crippen LogP contribution in [0.15, 0.2) is 30.3 Å². The van der Waals surface area contributed by atoms with Gasteiger partial charge >= 0.3 is 5.97 Å². The zero-order valence-electron chi connectivity index (χ0n) is 15.2. The number of likely N-dealkylation sites (tertiary alicyclic amines) is 2. The zero-order chi connectivity index (χ0) is 18.1. The smallest absolute Gasteiger partial charge is 0.308 e. The van der Waals surface area contributed by atoms with Gasteiger partial charge in [-0.2, -0.15) is 0 Å². The van der Waals surface area contributed by atoms with Gasteiger partial charge in [-0.3, -0.25) is 14.5 Å². The molecule has 1 aromatic carbocycles. The lowest BCUT2D eigenvalue weighted by Gasteiger charge is -2.32. The molecule has 1 aliphatic carbocycles. The number of carbonyl (C=O) groups excluding carboxylic acids is 1. The number of nitrogens with zero attached hydrogens (tertiary/aromatic N) is 2. The number of carboxylic acid groups (broad SMARTS) is 1. The van der Waals surface area contributed by atoms with Gasteiger partial charge < -0.3 is 10.0 Å². The van der Waals surface area contributed by atoms with E-state index in [1.807, 2.05) is 11.0 Å². The minimum Gasteiger partial charge on any atom is -0.481 e. The molecule has 2 aliphatic heterocycles. The highest BCUT2D eigenvalue weighted by molar-refractivity contribution is 5.80.